The first kappa shape index (κ1) is 15.9. The van der Waals surface area contributed by atoms with Crippen molar-refractivity contribution in [2.45, 2.75) is 19.0 Å². The third-order valence-electron chi connectivity index (χ3n) is 4.90. The van der Waals surface area contributed by atoms with Crippen molar-refractivity contribution in [3.63, 3.8) is 0 Å². The summed E-state index contributed by atoms with van der Waals surface area (Å²) in [5, 5.41) is 2.73. The molecule has 0 saturated carbocycles. The van der Waals surface area contributed by atoms with Crippen LogP contribution < -0.4 is 4.74 Å². The maximum Gasteiger partial charge on any atom is 0.257 e. The van der Waals surface area contributed by atoms with Gasteiger partial charge in [-0.25, -0.2) is 0 Å². The second kappa shape index (κ2) is 6.39. The van der Waals surface area contributed by atoms with Crippen molar-refractivity contribution in [1.29, 1.82) is 0 Å². The maximum atomic E-state index is 12.7. The summed E-state index contributed by atoms with van der Waals surface area (Å²) in [5.74, 6) is 0.576. The van der Waals surface area contributed by atoms with E-state index in [2.05, 4.69) is 16.3 Å². The monoisotopic (exact) mass is 362 g/mol. The average Bonchev–Trinajstić information content (AvgIpc) is 3.01. The molecule has 0 aliphatic carbocycles. The van der Waals surface area contributed by atoms with Gasteiger partial charge in [0.15, 0.2) is 0 Å². The van der Waals surface area contributed by atoms with Gasteiger partial charge in [0.05, 0.1) is 12.7 Å². The lowest BCUT2D eigenvalue weighted by Crippen LogP contribution is -2.61. The second-order valence-electron chi connectivity index (χ2n) is 6.30. The Kier molecular flexibility index (Phi) is 4.24. The molecular formula is C18H19ClN2O2S. The molecule has 0 unspecified atom stereocenters. The molecule has 4 rings (SSSR count). The Hall–Kier alpha value is -1.56. The van der Waals surface area contributed by atoms with Crippen LogP contribution in [0.2, 0.25) is 5.02 Å². The number of hydrogen-bond donors (Lipinski definition) is 0. The van der Waals surface area contributed by atoms with Gasteiger partial charge < -0.3 is 9.64 Å². The van der Waals surface area contributed by atoms with Crippen molar-refractivity contribution < 1.29 is 9.53 Å². The van der Waals surface area contributed by atoms with Crippen LogP contribution in [0.3, 0.4) is 0 Å². The fourth-order valence-corrected chi connectivity index (χ4v) is 4.51. The van der Waals surface area contributed by atoms with Crippen LogP contribution in [0.5, 0.6) is 5.75 Å². The summed E-state index contributed by atoms with van der Waals surface area (Å²) >= 11 is 7.89. The average molecular weight is 363 g/mol. The van der Waals surface area contributed by atoms with Gasteiger partial charge in [-0.3, -0.25) is 9.69 Å². The van der Waals surface area contributed by atoms with Gasteiger partial charge in [-0.1, -0.05) is 11.6 Å². The van der Waals surface area contributed by atoms with E-state index >= 15 is 0 Å². The highest BCUT2D eigenvalue weighted by Crippen LogP contribution is 2.30. The summed E-state index contributed by atoms with van der Waals surface area (Å²) < 4.78 is 5.30. The molecule has 0 N–H and O–H groups in total. The largest absolute Gasteiger partial charge is 0.496 e. The lowest BCUT2D eigenvalue weighted by molar-refractivity contribution is 0.0218. The maximum absolute atomic E-state index is 12.7. The van der Waals surface area contributed by atoms with Crippen LogP contribution in [0.25, 0.3) is 0 Å². The standard InChI is InChI=1S/C18H19ClN2O2S/c1-23-16-3-2-13(19)8-15(16)18(22)21-10-14(11-21)20-6-4-17-12(9-20)5-7-24-17/h2-3,5,7-8,14H,4,6,9-11H2,1H3. The molecule has 0 atom stereocenters. The Morgan fingerprint density at radius 2 is 2.17 bits per heavy atom. The van der Waals surface area contributed by atoms with E-state index < -0.39 is 0 Å². The molecule has 2 aromatic rings. The number of methoxy groups -OCH3 is 1. The van der Waals surface area contributed by atoms with E-state index in [0.717, 1.165) is 32.6 Å². The number of likely N-dealkylation sites (tertiary alicyclic amines) is 1. The van der Waals surface area contributed by atoms with E-state index in [1.54, 1.807) is 25.3 Å². The predicted molar refractivity (Wildman–Crippen MR) is 96.1 cm³/mol. The van der Waals surface area contributed by atoms with Crippen LogP contribution in [0.15, 0.2) is 29.6 Å². The van der Waals surface area contributed by atoms with Gasteiger partial charge in [0.2, 0.25) is 0 Å². The SMILES string of the molecule is COc1ccc(Cl)cc1C(=O)N1CC(N2CCc3sccc3C2)C1. The molecule has 0 spiro atoms. The van der Waals surface area contributed by atoms with Gasteiger partial charge in [0.1, 0.15) is 5.75 Å². The Morgan fingerprint density at radius 1 is 1.33 bits per heavy atom. The van der Waals surface area contributed by atoms with Gasteiger partial charge in [-0.2, -0.15) is 0 Å². The number of thiophene rings is 1. The minimum Gasteiger partial charge on any atom is -0.496 e. The van der Waals surface area contributed by atoms with E-state index in [-0.39, 0.29) is 5.91 Å². The first-order chi connectivity index (χ1) is 11.7. The van der Waals surface area contributed by atoms with Crippen molar-refractivity contribution >= 4 is 28.8 Å². The van der Waals surface area contributed by atoms with Gasteiger partial charge >= 0.3 is 0 Å². The summed E-state index contributed by atoms with van der Waals surface area (Å²) in [5.41, 5.74) is 2.00. The highest BCUT2D eigenvalue weighted by atomic mass is 35.5. The van der Waals surface area contributed by atoms with Crippen molar-refractivity contribution in [2.75, 3.05) is 26.7 Å². The predicted octanol–water partition coefficient (Wildman–Crippen LogP) is 3.29. The first-order valence-corrected chi connectivity index (χ1v) is 9.33. The van der Waals surface area contributed by atoms with Crippen molar-refractivity contribution in [1.82, 2.24) is 9.80 Å². The lowest BCUT2D eigenvalue weighted by atomic mass is 10.0. The first-order valence-electron chi connectivity index (χ1n) is 8.08. The van der Waals surface area contributed by atoms with E-state index in [1.165, 1.54) is 10.4 Å². The fraction of sp³-hybridized carbons (Fsp3) is 0.389. The summed E-state index contributed by atoms with van der Waals surface area (Å²) in [7, 11) is 1.57. The number of hydrogen-bond acceptors (Lipinski definition) is 4. The third-order valence-corrected chi connectivity index (χ3v) is 6.15. The number of amides is 1. The lowest BCUT2D eigenvalue weighted by Gasteiger charge is -2.46. The van der Waals surface area contributed by atoms with Gasteiger partial charge in [0, 0.05) is 42.1 Å². The van der Waals surface area contributed by atoms with E-state index in [0.29, 0.717) is 22.4 Å². The minimum absolute atomic E-state index is 0.00108. The summed E-state index contributed by atoms with van der Waals surface area (Å²) in [6.45, 7) is 3.63. The molecule has 0 radical (unpaired) electrons. The number of ether oxygens (including phenoxy) is 1. The molecule has 6 heteroatoms. The summed E-state index contributed by atoms with van der Waals surface area (Å²) in [4.78, 5) is 18.6. The topological polar surface area (TPSA) is 32.8 Å². The quantitative estimate of drug-likeness (QED) is 0.840. The van der Waals surface area contributed by atoms with E-state index in [9.17, 15) is 4.79 Å². The molecule has 126 valence electrons. The highest BCUT2D eigenvalue weighted by molar-refractivity contribution is 7.10. The number of halogens is 1. The molecule has 1 fully saturated rings. The normalized spacial score (nSPS) is 18.2. The molecule has 1 aromatic carbocycles. The molecule has 4 nitrogen and oxygen atoms in total. The molecule has 2 aliphatic heterocycles. The molecular weight excluding hydrogens is 344 g/mol. The summed E-state index contributed by atoms with van der Waals surface area (Å²) in [6, 6.07) is 7.85. The zero-order chi connectivity index (χ0) is 16.7. The number of carbonyl (C=O) groups is 1. The van der Waals surface area contributed by atoms with Crippen LogP contribution in [-0.4, -0.2) is 48.5 Å². The zero-order valence-corrected chi connectivity index (χ0v) is 15.1. The van der Waals surface area contributed by atoms with Crippen LogP contribution in [0.1, 0.15) is 20.8 Å². The fourth-order valence-electron chi connectivity index (χ4n) is 3.45. The Balaban J connectivity index is 1.41. The Labute approximate surface area is 150 Å². The van der Waals surface area contributed by atoms with Crippen molar-refractivity contribution in [3.05, 3.63) is 50.7 Å². The Morgan fingerprint density at radius 3 is 2.96 bits per heavy atom. The van der Waals surface area contributed by atoms with Gasteiger partial charge in [-0.15, -0.1) is 11.3 Å². The van der Waals surface area contributed by atoms with Crippen LogP contribution in [-0.2, 0) is 13.0 Å². The molecule has 0 bridgehead atoms. The third kappa shape index (κ3) is 2.81. The zero-order valence-electron chi connectivity index (χ0n) is 13.5. The molecule has 2 aliphatic rings. The number of rotatable bonds is 3. The molecule has 24 heavy (non-hydrogen) atoms. The highest BCUT2D eigenvalue weighted by Gasteiger charge is 2.37. The number of fused-ring (bicyclic) bond motifs is 1. The van der Waals surface area contributed by atoms with Crippen LogP contribution in [0.4, 0.5) is 0 Å². The molecule has 1 saturated heterocycles. The van der Waals surface area contributed by atoms with E-state index in [1.807, 2.05) is 16.2 Å². The smallest absolute Gasteiger partial charge is 0.257 e. The number of nitrogens with zero attached hydrogens (tertiary/aromatic N) is 2. The Bertz CT molecular complexity index is 770. The summed E-state index contributed by atoms with van der Waals surface area (Å²) in [6.07, 6.45) is 1.12. The molecule has 1 amide bonds. The number of carbonyl (C=O) groups excluding carboxylic acids is 1. The van der Waals surface area contributed by atoms with Gasteiger partial charge in [0.25, 0.3) is 5.91 Å². The van der Waals surface area contributed by atoms with Gasteiger partial charge in [-0.05, 0) is 41.6 Å². The van der Waals surface area contributed by atoms with E-state index in [4.69, 9.17) is 16.3 Å². The second-order valence-corrected chi connectivity index (χ2v) is 7.74. The molecule has 3 heterocycles. The van der Waals surface area contributed by atoms with Crippen molar-refractivity contribution in [3.8, 4) is 5.75 Å². The van der Waals surface area contributed by atoms with Crippen LogP contribution in [0, 0.1) is 0 Å². The minimum atomic E-state index is -0.00108. The van der Waals surface area contributed by atoms with Crippen molar-refractivity contribution in [2.24, 2.45) is 0 Å². The number of benzene rings is 1. The molecule has 1 aromatic heterocycles. The van der Waals surface area contributed by atoms with Crippen LogP contribution >= 0.6 is 22.9 Å².